The Kier molecular flexibility index (Phi) is 7.46. The van der Waals surface area contributed by atoms with E-state index in [1.54, 1.807) is 42.5 Å². The maximum absolute atomic E-state index is 13.4. The van der Waals surface area contributed by atoms with Gasteiger partial charge in [-0.1, -0.05) is 36.8 Å². The summed E-state index contributed by atoms with van der Waals surface area (Å²) in [6.45, 7) is 1.79. The van der Waals surface area contributed by atoms with Gasteiger partial charge in [-0.2, -0.15) is 5.10 Å². The van der Waals surface area contributed by atoms with Gasteiger partial charge >= 0.3 is 0 Å². The van der Waals surface area contributed by atoms with Crippen molar-refractivity contribution in [1.82, 2.24) is 5.43 Å². The predicted molar refractivity (Wildman–Crippen MR) is 117 cm³/mol. The summed E-state index contributed by atoms with van der Waals surface area (Å²) in [5.41, 5.74) is 3.78. The van der Waals surface area contributed by atoms with Crippen LogP contribution < -0.4 is 14.5 Å². The van der Waals surface area contributed by atoms with Gasteiger partial charge in [0.15, 0.2) is 0 Å². The topological polar surface area (TPSA) is 88.1 Å². The van der Waals surface area contributed by atoms with Gasteiger partial charge in [0, 0.05) is 5.71 Å². The van der Waals surface area contributed by atoms with Gasteiger partial charge in [0.25, 0.3) is 15.9 Å². The maximum Gasteiger partial charge on any atom is 0.264 e. The van der Waals surface area contributed by atoms with Gasteiger partial charge < -0.3 is 4.74 Å². The van der Waals surface area contributed by atoms with Gasteiger partial charge in [-0.3, -0.25) is 9.10 Å². The molecule has 1 aliphatic rings. The van der Waals surface area contributed by atoms with E-state index in [9.17, 15) is 13.2 Å². The van der Waals surface area contributed by atoms with E-state index in [1.807, 2.05) is 6.92 Å². The highest BCUT2D eigenvalue weighted by atomic mass is 32.2. The number of nitrogens with one attached hydrogen (secondary N) is 1. The number of amides is 1. The molecule has 0 radical (unpaired) electrons. The average Bonchev–Trinajstić information content (AvgIpc) is 2.78. The normalized spacial score (nSPS) is 14.1. The van der Waals surface area contributed by atoms with E-state index in [0.29, 0.717) is 18.0 Å². The number of hydrogen-bond acceptors (Lipinski definition) is 5. The molecule has 30 heavy (non-hydrogen) atoms. The standard InChI is InChI=1S/C22H27N3O4S/c1-2-29-21-16-10-9-15-20(21)25(30(27,28)19-13-7-4-8-14-19)17-22(26)24-23-18-11-5-3-6-12-18/h4,7-10,13-16H,2-3,5-6,11-12,17H2,1H3,(H,24,26). The Balaban J connectivity index is 1.91. The number of sulfonamides is 1. The maximum atomic E-state index is 13.4. The second-order valence-electron chi connectivity index (χ2n) is 7.00. The Hall–Kier alpha value is -2.87. The Morgan fingerprint density at radius 2 is 1.70 bits per heavy atom. The van der Waals surface area contributed by atoms with Gasteiger partial charge in [0.05, 0.1) is 17.2 Å². The quantitative estimate of drug-likeness (QED) is 0.648. The molecule has 0 atom stereocenters. The third kappa shape index (κ3) is 5.38. The molecule has 0 heterocycles. The van der Waals surface area contributed by atoms with E-state index < -0.39 is 22.5 Å². The van der Waals surface area contributed by atoms with Crippen LogP contribution in [-0.4, -0.2) is 33.2 Å². The van der Waals surface area contributed by atoms with Crippen molar-refractivity contribution in [2.75, 3.05) is 17.5 Å². The lowest BCUT2D eigenvalue weighted by molar-refractivity contribution is -0.119. The van der Waals surface area contributed by atoms with Crippen molar-refractivity contribution in [2.24, 2.45) is 5.10 Å². The third-order valence-electron chi connectivity index (χ3n) is 4.82. The third-order valence-corrected chi connectivity index (χ3v) is 6.60. The first-order valence-electron chi connectivity index (χ1n) is 10.2. The number of hydrazone groups is 1. The Morgan fingerprint density at radius 1 is 1.03 bits per heavy atom. The smallest absolute Gasteiger partial charge is 0.264 e. The van der Waals surface area contributed by atoms with Gasteiger partial charge in [0.1, 0.15) is 12.3 Å². The molecule has 0 saturated heterocycles. The van der Waals surface area contributed by atoms with Gasteiger partial charge in [-0.15, -0.1) is 0 Å². The second-order valence-corrected chi connectivity index (χ2v) is 8.86. The van der Waals surface area contributed by atoms with Crippen molar-refractivity contribution < 1.29 is 17.9 Å². The summed E-state index contributed by atoms with van der Waals surface area (Å²) >= 11 is 0. The molecule has 2 aromatic carbocycles. The largest absolute Gasteiger partial charge is 0.492 e. The van der Waals surface area contributed by atoms with Crippen molar-refractivity contribution >= 4 is 27.3 Å². The number of carbonyl (C=O) groups excluding carboxylic acids is 1. The fraction of sp³-hybridized carbons (Fsp3) is 0.364. The highest BCUT2D eigenvalue weighted by Crippen LogP contribution is 2.32. The zero-order chi connectivity index (χ0) is 21.4. The first kappa shape index (κ1) is 21.8. The minimum Gasteiger partial charge on any atom is -0.492 e. The van der Waals surface area contributed by atoms with Crippen molar-refractivity contribution in [2.45, 2.75) is 43.9 Å². The molecule has 1 aliphatic carbocycles. The summed E-state index contributed by atoms with van der Waals surface area (Å²) in [5, 5.41) is 4.21. The molecule has 1 N–H and O–H groups in total. The lowest BCUT2D eigenvalue weighted by atomic mass is 9.99. The van der Waals surface area contributed by atoms with E-state index in [-0.39, 0.29) is 4.90 Å². The monoisotopic (exact) mass is 429 g/mol. The zero-order valence-electron chi connectivity index (χ0n) is 17.1. The molecule has 0 spiro atoms. The fourth-order valence-electron chi connectivity index (χ4n) is 3.34. The summed E-state index contributed by atoms with van der Waals surface area (Å²) in [7, 11) is -3.99. The van der Waals surface area contributed by atoms with Crippen molar-refractivity contribution in [3.8, 4) is 5.75 Å². The number of ether oxygens (including phenoxy) is 1. The summed E-state index contributed by atoms with van der Waals surface area (Å²) in [6, 6.07) is 14.8. The molecule has 1 saturated carbocycles. The van der Waals surface area contributed by atoms with Gasteiger partial charge in [0.2, 0.25) is 0 Å². The highest BCUT2D eigenvalue weighted by Gasteiger charge is 2.29. The number of hydrogen-bond donors (Lipinski definition) is 1. The molecule has 0 aliphatic heterocycles. The first-order chi connectivity index (χ1) is 14.5. The summed E-state index contributed by atoms with van der Waals surface area (Å²) in [4.78, 5) is 12.8. The van der Waals surface area contributed by atoms with Crippen molar-refractivity contribution in [3.63, 3.8) is 0 Å². The van der Waals surface area contributed by atoms with E-state index in [4.69, 9.17) is 4.74 Å². The van der Waals surface area contributed by atoms with Crippen LogP contribution in [0.15, 0.2) is 64.6 Å². The molecule has 8 heteroatoms. The minimum atomic E-state index is -3.99. The number of carbonyl (C=O) groups is 1. The molecule has 7 nitrogen and oxygen atoms in total. The zero-order valence-corrected chi connectivity index (χ0v) is 17.9. The SMILES string of the molecule is CCOc1ccccc1N(CC(=O)NN=C1CCCCC1)S(=O)(=O)c1ccccc1. The number of anilines is 1. The molecular formula is C22H27N3O4S. The molecule has 160 valence electrons. The van der Waals surface area contributed by atoms with Crippen LogP contribution in [-0.2, 0) is 14.8 Å². The van der Waals surface area contributed by atoms with E-state index in [0.717, 1.165) is 35.7 Å². The predicted octanol–water partition coefficient (Wildman–Crippen LogP) is 3.72. The molecule has 0 aromatic heterocycles. The number of nitrogens with zero attached hydrogens (tertiary/aromatic N) is 2. The molecular weight excluding hydrogens is 402 g/mol. The highest BCUT2D eigenvalue weighted by molar-refractivity contribution is 7.92. The number of benzene rings is 2. The number of para-hydroxylation sites is 2. The van der Waals surface area contributed by atoms with Crippen LogP contribution in [0.1, 0.15) is 39.0 Å². The lowest BCUT2D eigenvalue weighted by Crippen LogP contribution is -2.40. The second kappa shape index (κ2) is 10.2. The van der Waals surface area contributed by atoms with Gasteiger partial charge in [-0.25, -0.2) is 13.8 Å². The van der Waals surface area contributed by atoms with Crippen LogP contribution in [0, 0.1) is 0 Å². The molecule has 1 amide bonds. The van der Waals surface area contributed by atoms with Crippen molar-refractivity contribution in [3.05, 3.63) is 54.6 Å². The Labute approximate surface area is 177 Å². The first-order valence-corrected chi connectivity index (χ1v) is 11.6. The van der Waals surface area contributed by atoms with Crippen LogP contribution >= 0.6 is 0 Å². The fourth-order valence-corrected chi connectivity index (χ4v) is 4.79. The van der Waals surface area contributed by atoms with Crippen LogP contribution in [0.25, 0.3) is 0 Å². The summed E-state index contributed by atoms with van der Waals surface area (Å²) in [5.74, 6) is -0.107. The van der Waals surface area contributed by atoms with E-state index in [1.165, 1.54) is 18.6 Å². The Bertz CT molecular complexity index is 982. The summed E-state index contributed by atoms with van der Waals surface area (Å²) < 4.78 is 33.5. The average molecular weight is 430 g/mol. The molecule has 2 aromatic rings. The summed E-state index contributed by atoms with van der Waals surface area (Å²) in [6.07, 6.45) is 5.01. The Morgan fingerprint density at radius 3 is 2.40 bits per heavy atom. The van der Waals surface area contributed by atoms with Crippen LogP contribution in [0.2, 0.25) is 0 Å². The molecule has 0 bridgehead atoms. The van der Waals surface area contributed by atoms with Crippen LogP contribution in [0.5, 0.6) is 5.75 Å². The molecule has 0 unspecified atom stereocenters. The minimum absolute atomic E-state index is 0.0997. The van der Waals surface area contributed by atoms with Crippen molar-refractivity contribution in [1.29, 1.82) is 0 Å². The van der Waals surface area contributed by atoms with E-state index in [2.05, 4.69) is 10.5 Å². The van der Waals surface area contributed by atoms with E-state index >= 15 is 0 Å². The number of rotatable bonds is 8. The molecule has 3 rings (SSSR count). The molecule has 1 fully saturated rings. The van der Waals surface area contributed by atoms with Crippen LogP contribution in [0.3, 0.4) is 0 Å². The van der Waals surface area contributed by atoms with Crippen LogP contribution in [0.4, 0.5) is 5.69 Å². The lowest BCUT2D eigenvalue weighted by Gasteiger charge is -2.25. The van der Waals surface area contributed by atoms with Gasteiger partial charge in [-0.05, 0) is 56.9 Å².